The minimum absolute atomic E-state index is 0.286. The lowest BCUT2D eigenvalue weighted by molar-refractivity contribution is -0.156. The Bertz CT molecular complexity index is 981. The molecule has 0 saturated carbocycles. The summed E-state index contributed by atoms with van der Waals surface area (Å²) in [4.78, 5) is 44.4. The molecule has 0 aliphatic carbocycles. The highest BCUT2D eigenvalue weighted by Crippen LogP contribution is 2.16. The predicted molar refractivity (Wildman–Crippen MR) is 105 cm³/mol. The summed E-state index contributed by atoms with van der Waals surface area (Å²) < 4.78 is 0. The first-order valence-corrected chi connectivity index (χ1v) is 9.15. The fourth-order valence-electron chi connectivity index (χ4n) is 3.03. The SMILES string of the molecule is O=C1C(=O)N(Cc2cnccn2)CCN1Cc1ccc(Nc2ncccn2)cc1. The third-order valence-corrected chi connectivity index (χ3v) is 4.52. The van der Waals surface area contributed by atoms with E-state index in [1.54, 1.807) is 42.0 Å². The standard InChI is InChI=1S/C20H19N7O2/c28-18-19(29)27(14-17-12-21-8-9-22-17)11-10-26(18)13-15-2-4-16(5-3-15)25-20-23-6-1-7-24-20/h1-9,12H,10-11,13-14H2,(H,23,24,25). The monoisotopic (exact) mass is 389 g/mol. The molecule has 0 unspecified atom stereocenters. The minimum Gasteiger partial charge on any atom is -0.328 e. The van der Waals surface area contributed by atoms with Gasteiger partial charge in [0.15, 0.2) is 0 Å². The molecule has 2 aromatic heterocycles. The number of nitrogens with zero attached hydrogens (tertiary/aromatic N) is 6. The van der Waals surface area contributed by atoms with Crippen LogP contribution in [0.2, 0.25) is 0 Å². The van der Waals surface area contributed by atoms with Crippen LogP contribution in [0.1, 0.15) is 11.3 Å². The fourth-order valence-corrected chi connectivity index (χ4v) is 3.03. The van der Waals surface area contributed by atoms with Gasteiger partial charge in [-0.15, -0.1) is 0 Å². The molecule has 1 saturated heterocycles. The molecule has 9 heteroatoms. The van der Waals surface area contributed by atoms with Gasteiger partial charge in [0.1, 0.15) is 0 Å². The van der Waals surface area contributed by atoms with Crippen molar-refractivity contribution in [2.45, 2.75) is 13.1 Å². The van der Waals surface area contributed by atoms with E-state index in [9.17, 15) is 9.59 Å². The quantitative estimate of drug-likeness (QED) is 0.635. The highest BCUT2D eigenvalue weighted by Gasteiger charge is 2.32. The molecule has 4 rings (SSSR count). The Balaban J connectivity index is 1.35. The fraction of sp³-hybridized carbons (Fsp3) is 0.200. The molecule has 1 N–H and O–H groups in total. The van der Waals surface area contributed by atoms with Gasteiger partial charge in [-0.05, 0) is 23.8 Å². The zero-order valence-corrected chi connectivity index (χ0v) is 15.6. The molecule has 3 aromatic rings. The van der Waals surface area contributed by atoms with Gasteiger partial charge < -0.3 is 15.1 Å². The molecule has 0 spiro atoms. The Morgan fingerprint density at radius 3 is 2.17 bits per heavy atom. The summed E-state index contributed by atoms with van der Waals surface area (Å²) in [6.07, 6.45) is 8.06. The van der Waals surface area contributed by atoms with Crippen LogP contribution in [-0.4, -0.2) is 54.6 Å². The van der Waals surface area contributed by atoms with Gasteiger partial charge >= 0.3 is 11.8 Å². The highest BCUT2D eigenvalue weighted by molar-refractivity contribution is 6.35. The number of anilines is 2. The van der Waals surface area contributed by atoms with Crippen LogP contribution in [0.5, 0.6) is 0 Å². The second-order valence-electron chi connectivity index (χ2n) is 6.54. The predicted octanol–water partition coefficient (Wildman–Crippen LogP) is 1.38. The molecule has 2 amide bonds. The van der Waals surface area contributed by atoms with Crippen LogP contribution < -0.4 is 5.32 Å². The second kappa shape index (κ2) is 8.42. The molecular formula is C20H19N7O2. The molecule has 0 bridgehead atoms. The normalized spacial score (nSPS) is 14.2. The van der Waals surface area contributed by atoms with Crippen molar-refractivity contribution in [1.82, 2.24) is 29.7 Å². The van der Waals surface area contributed by atoms with E-state index >= 15 is 0 Å². The van der Waals surface area contributed by atoms with Crippen LogP contribution in [0.3, 0.4) is 0 Å². The van der Waals surface area contributed by atoms with Gasteiger partial charge in [-0.25, -0.2) is 9.97 Å². The number of nitrogens with one attached hydrogen (secondary N) is 1. The number of carbonyl (C=O) groups excluding carboxylic acids is 2. The third kappa shape index (κ3) is 4.52. The Hall–Kier alpha value is -3.88. The molecule has 1 aromatic carbocycles. The molecule has 1 aliphatic heterocycles. The van der Waals surface area contributed by atoms with Crippen LogP contribution >= 0.6 is 0 Å². The van der Waals surface area contributed by atoms with Crippen LogP contribution in [0, 0.1) is 0 Å². The number of rotatable bonds is 6. The van der Waals surface area contributed by atoms with Gasteiger partial charge in [-0.3, -0.25) is 19.6 Å². The van der Waals surface area contributed by atoms with Crippen molar-refractivity contribution in [2.75, 3.05) is 18.4 Å². The number of carbonyl (C=O) groups is 2. The lowest BCUT2D eigenvalue weighted by atomic mass is 10.1. The first-order chi connectivity index (χ1) is 14.2. The number of piperazine rings is 1. The van der Waals surface area contributed by atoms with Crippen LogP contribution in [-0.2, 0) is 22.7 Å². The lowest BCUT2D eigenvalue weighted by Gasteiger charge is -2.33. The Labute approximate surface area is 167 Å². The van der Waals surface area contributed by atoms with Gasteiger partial charge in [0.2, 0.25) is 5.95 Å². The van der Waals surface area contributed by atoms with E-state index in [0.29, 0.717) is 31.3 Å². The van der Waals surface area contributed by atoms with Gasteiger partial charge in [-0.2, -0.15) is 0 Å². The van der Waals surface area contributed by atoms with Crippen molar-refractivity contribution in [1.29, 1.82) is 0 Å². The van der Waals surface area contributed by atoms with Gasteiger partial charge in [0.05, 0.1) is 18.4 Å². The van der Waals surface area contributed by atoms with Crippen LogP contribution in [0.25, 0.3) is 0 Å². The summed E-state index contributed by atoms with van der Waals surface area (Å²) in [6, 6.07) is 9.36. The molecule has 1 fully saturated rings. The highest BCUT2D eigenvalue weighted by atomic mass is 16.2. The van der Waals surface area contributed by atoms with E-state index < -0.39 is 11.8 Å². The second-order valence-corrected chi connectivity index (χ2v) is 6.54. The summed E-state index contributed by atoms with van der Waals surface area (Å²) in [5.41, 5.74) is 2.44. The van der Waals surface area contributed by atoms with Gasteiger partial charge in [0.25, 0.3) is 0 Å². The maximum absolute atomic E-state index is 12.5. The first-order valence-electron chi connectivity index (χ1n) is 9.15. The topological polar surface area (TPSA) is 104 Å². The molecule has 1 aliphatic rings. The Morgan fingerprint density at radius 1 is 0.828 bits per heavy atom. The Morgan fingerprint density at radius 2 is 1.52 bits per heavy atom. The van der Waals surface area contributed by atoms with Crippen LogP contribution in [0.4, 0.5) is 11.6 Å². The average molecular weight is 389 g/mol. The third-order valence-electron chi connectivity index (χ3n) is 4.52. The molecule has 3 heterocycles. The number of hydrogen-bond acceptors (Lipinski definition) is 7. The maximum atomic E-state index is 12.5. The summed E-state index contributed by atoms with van der Waals surface area (Å²) in [6.45, 7) is 1.61. The summed E-state index contributed by atoms with van der Waals surface area (Å²) in [5, 5.41) is 3.10. The molecule has 9 nitrogen and oxygen atoms in total. The minimum atomic E-state index is -0.513. The number of hydrogen-bond donors (Lipinski definition) is 1. The van der Waals surface area contributed by atoms with Crippen molar-refractivity contribution in [3.05, 3.63) is 72.6 Å². The number of aromatic nitrogens is 4. The molecule has 0 atom stereocenters. The van der Waals surface area contributed by atoms with Crippen molar-refractivity contribution in [3.63, 3.8) is 0 Å². The summed E-state index contributed by atoms with van der Waals surface area (Å²) >= 11 is 0. The van der Waals surface area contributed by atoms with Crippen molar-refractivity contribution < 1.29 is 9.59 Å². The maximum Gasteiger partial charge on any atom is 0.312 e. The van der Waals surface area contributed by atoms with Crippen LogP contribution in [0.15, 0.2) is 61.3 Å². The van der Waals surface area contributed by atoms with Crippen molar-refractivity contribution in [3.8, 4) is 0 Å². The van der Waals surface area contributed by atoms with E-state index in [-0.39, 0.29) is 6.54 Å². The summed E-state index contributed by atoms with van der Waals surface area (Å²) in [5.74, 6) is -0.498. The zero-order valence-electron chi connectivity index (χ0n) is 15.6. The van der Waals surface area contributed by atoms with Gasteiger partial charge in [-0.1, -0.05) is 12.1 Å². The molecule has 146 valence electrons. The lowest BCUT2D eigenvalue weighted by Crippen LogP contribution is -2.53. The first kappa shape index (κ1) is 18.5. The molecule has 29 heavy (non-hydrogen) atoms. The van der Waals surface area contributed by atoms with E-state index in [1.165, 1.54) is 4.90 Å². The van der Waals surface area contributed by atoms with Gasteiger partial charge in [0, 0.05) is 50.1 Å². The zero-order chi connectivity index (χ0) is 20.1. The summed E-state index contributed by atoms with van der Waals surface area (Å²) in [7, 11) is 0. The molecule has 0 radical (unpaired) electrons. The average Bonchev–Trinajstić information content (AvgIpc) is 2.76. The Kier molecular flexibility index (Phi) is 5.37. The van der Waals surface area contributed by atoms with E-state index in [1.807, 2.05) is 24.3 Å². The molecular weight excluding hydrogens is 370 g/mol. The van der Waals surface area contributed by atoms with E-state index in [0.717, 1.165) is 11.3 Å². The van der Waals surface area contributed by atoms with E-state index in [2.05, 4.69) is 25.3 Å². The number of amides is 2. The van der Waals surface area contributed by atoms with Crippen molar-refractivity contribution >= 4 is 23.5 Å². The smallest absolute Gasteiger partial charge is 0.312 e. The van der Waals surface area contributed by atoms with E-state index in [4.69, 9.17) is 0 Å². The van der Waals surface area contributed by atoms with Crippen molar-refractivity contribution in [2.24, 2.45) is 0 Å². The number of benzene rings is 1. The largest absolute Gasteiger partial charge is 0.328 e.